The zero-order chi connectivity index (χ0) is 15.0. The van der Waals surface area contributed by atoms with Gasteiger partial charge in [0.05, 0.1) is 11.6 Å². The molecule has 5 heteroatoms. The molecule has 1 aliphatic heterocycles. The molecule has 1 unspecified atom stereocenters. The molecular formula is C16H16BrNO3. The van der Waals surface area contributed by atoms with E-state index in [0.717, 1.165) is 36.4 Å². The summed E-state index contributed by atoms with van der Waals surface area (Å²) in [4.78, 5) is 13.6. The standard InChI is InChI=1S/C16H16BrNO3/c1-10(14-7-8-15(17)21-14)18-9-3-5-11-12(16(19)20)4-2-6-13(11)18/h2,4,6-8,10H,3,5,9H2,1H3,(H,19,20). The van der Waals surface area contributed by atoms with Crippen LogP contribution in [-0.4, -0.2) is 17.6 Å². The topological polar surface area (TPSA) is 53.7 Å². The first kappa shape index (κ1) is 14.2. The Morgan fingerprint density at radius 1 is 1.38 bits per heavy atom. The molecule has 0 saturated heterocycles. The minimum absolute atomic E-state index is 0.0689. The van der Waals surface area contributed by atoms with E-state index in [-0.39, 0.29) is 6.04 Å². The van der Waals surface area contributed by atoms with Crippen molar-refractivity contribution in [1.82, 2.24) is 0 Å². The Morgan fingerprint density at radius 3 is 2.86 bits per heavy atom. The van der Waals surface area contributed by atoms with Crippen LogP contribution in [0.3, 0.4) is 0 Å². The number of carbonyl (C=O) groups is 1. The van der Waals surface area contributed by atoms with Gasteiger partial charge in [0.25, 0.3) is 0 Å². The maximum absolute atomic E-state index is 11.4. The van der Waals surface area contributed by atoms with Crippen LogP contribution in [0.2, 0.25) is 0 Å². The third-order valence-electron chi connectivity index (χ3n) is 3.99. The van der Waals surface area contributed by atoms with Gasteiger partial charge in [-0.15, -0.1) is 0 Å². The number of rotatable bonds is 3. The molecule has 3 rings (SSSR count). The first-order chi connectivity index (χ1) is 10.1. The van der Waals surface area contributed by atoms with Gasteiger partial charge >= 0.3 is 5.97 Å². The highest BCUT2D eigenvalue weighted by Gasteiger charge is 2.27. The molecule has 21 heavy (non-hydrogen) atoms. The van der Waals surface area contributed by atoms with Gasteiger partial charge in [0.2, 0.25) is 0 Å². The normalized spacial score (nSPS) is 15.6. The van der Waals surface area contributed by atoms with Crippen LogP contribution in [0.4, 0.5) is 5.69 Å². The van der Waals surface area contributed by atoms with E-state index in [9.17, 15) is 9.90 Å². The second kappa shape index (κ2) is 5.56. The van der Waals surface area contributed by atoms with Gasteiger partial charge in [-0.1, -0.05) is 6.07 Å². The van der Waals surface area contributed by atoms with Crippen molar-refractivity contribution in [3.8, 4) is 0 Å². The second-order valence-corrected chi connectivity index (χ2v) is 6.00. The molecule has 2 aromatic rings. The number of carboxylic acids is 1. The van der Waals surface area contributed by atoms with E-state index in [0.29, 0.717) is 10.2 Å². The van der Waals surface area contributed by atoms with Gasteiger partial charge in [-0.2, -0.15) is 0 Å². The zero-order valence-electron chi connectivity index (χ0n) is 11.7. The number of fused-ring (bicyclic) bond motifs is 1. The van der Waals surface area contributed by atoms with Crippen LogP contribution in [0.25, 0.3) is 0 Å². The predicted octanol–water partition coefficient (Wildman–Crippen LogP) is 4.25. The Kier molecular flexibility index (Phi) is 3.76. The summed E-state index contributed by atoms with van der Waals surface area (Å²) in [6.07, 6.45) is 1.76. The number of hydrogen-bond donors (Lipinski definition) is 1. The number of aromatic carboxylic acids is 1. The number of nitrogens with zero attached hydrogens (tertiary/aromatic N) is 1. The smallest absolute Gasteiger partial charge is 0.336 e. The highest BCUT2D eigenvalue weighted by atomic mass is 79.9. The summed E-state index contributed by atoms with van der Waals surface area (Å²) in [6, 6.07) is 9.38. The summed E-state index contributed by atoms with van der Waals surface area (Å²) in [5, 5.41) is 9.34. The van der Waals surface area contributed by atoms with Crippen LogP contribution in [-0.2, 0) is 6.42 Å². The van der Waals surface area contributed by atoms with Crippen molar-refractivity contribution in [2.45, 2.75) is 25.8 Å². The highest BCUT2D eigenvalue weighted by Crippen LogP contribution is 2.36. The fourth-order valence-corrected chi connectivity index (χ4v) is 3.28. The van der Waals surface area contributed by atoms with Gasteiger partial charge in [-0.05, 0) is 65.5 Å². The molecule has 1 aromatic heterocycles. The number of hydrogen-bond acceptors (Lipinski definition) is 3. The second-order valence-electron chi connectivity index (χ2n) is 5.22. The van der Waals surface area contributed by atoms with Crippen molar-refractivity contribution < 1.29 is 14.3 Å². The van der Waals surface area contributed by atoms with Crippen molar-refractivity contribution >= 4 is 27.6 Å². The maximum atomic E-state index is 11.4. The molecule has 1 atom stereocenters. The van der Waals surface area contributed by atoms with Gasteiger partial charge in [-0.25, -0.2) is 4.79 Å². The largest absolute Gasteiger partial charge is 0.478 e. The minimum Gasteiger partial charge on any atom is -0.478 e. The summed E-state index contributed by atoms with van der Waals surface area (Å²) in [5.74, 6) is 0.0116. The molecule has 0 radical (unpaired) electrons. The number of carboxylic acid groups (broad SMARTS) is 1. The van der Waals surface area contributed by atoms with Gasteiger partial charge in [0.15, 0.2) is 4.67 Å². The summed E-state index contributed by atoms with van der Waals surface area (Å²) in [5.41, 5.74) is 2.33. The van der Waals surface area contributed by atoms with Crippen LogP contribution >= 0.6 is 15.9 Å². The summed E-state index contributed by atoms with van der Waals surface area (Å²) < 4.78 is 6.36. The van der Waals surface area contributed by atoms with E-state index in [1.54, 1.807) is 6.07 Å². The lowest BCUT2D eigenvalue weighted by molar-refractivity contribution is 0.0695. The van der Waals surface area contributed by atoms with E-state index in [4.69, 9.17) is 4.42 Å². The molecule has 0 saturated carbocycles. The molecule has 0 amide bonds. The third kappa shape index (κ3) is 2.58. The fourth-order valence-electron chi connectivity index (χ4n) is 2.96. The molecule has 0 aliphatic carbocycles. The van der Waals surface area contributed by atoms with E-state index in [2.05, 4.69) is 27.8 Å². The Bertz CT molecular complexity index is 680. The summed E-state index contributed by atoms with van der Waals surface area (Å²) in [7, 11) is 0. The molecule has 4 nitrogen and oxygen atoms in total. The van der Waals surface area contributed by atoms with E-state index >= 15 is 0 Å². The first-order valence-electron chi connectivity index (χ1n) is 6.95. The van der Waals surface area contributed by atoms with E-state index in [1.807, 2.05) is 24.3 Å². The molecule has 110 valence electrons. The van der Waals surface area contributed by atoms with Crippen LogP contribution in [0.5, 0.6) is 0 Å². The molecule has 0 fully saturated rings. The first-order valence-corrected chi connectivity index (χ1v) is 7.74. The number of benzene rings is 1. The van der Waals surface area contributed by atoms with Crippen molar-refractivity contribution in [2.75, 3.05) is 11.4 Å². The zero-order valence-corrected chi connectivity index (χ0v) is 13.3. The van der Waals surface area contributed by atoms with Gasteiger partial charge < -0.3 is 14.4 Å². The van der Waals surface area contributed by atoms with E-state index in [1.165, 1.54) is 0 Å². The van der Waals surface area contributed by atoms with Crippen molar-refractivity contribution in [1.29, 1.82) is 0 Å². The Hall–Kier alpha value is -1.75. The van der Waals surface area contributed by atoms with Crippen molar-refractivity contribution in [2.24, 2.45) is 0 Å². The lowest BCUT2D eigenvalue weighted by Gasteiger charge is -2.35. The van der Waals surface area contributed by atoms with Gasteiger partial charge in [0.1, 0.15) is 5.76 Å². The van der Waals surface area contributed by atoms with Crippen LogP contribution in [0.15, 0.2) is 39.4 Å². The molecule has 1 N–H and O–H groups in total. The molecule has 1 aliphatic rings. The lowest BCUT2D eigenvalue weighted by atomic mass is 9.95. The number of furan rings is 1. The maximum Gasteiger partial charge on any atom is 0.336 e. The Morgan fingerprint density at radius 2 is 2.19 bits per heavy atom. The third-order valence-corrected chi connectivity index (χ3v) is 4.42. The average Bonchev–Trinajstić information content (AvgIpc) is 2.91. The van der Waals surface area contributed by atoms with Crippen molar-refractivity contribution in [3.05, 3.63) is 51.9 Å². The van der Waals surface area contributed by atoms with Crippen LogP contribution in [0, 0.1) is 0 Å². The molecule has 0 bridgehead atoms. The molecule has 1 aromatic carbocycles. The number of anilines is 1. The van der Waals surface area contributed by atoms with Crippen molar-refractivity contribution in [3.63, 3.8) is 0 Å². The Labute approximate surface area is 131 Å². The van der Waals surface area contributed by atoms with E-state index < -0.39 is 5.97 Å². The lowest BCUT2D eigenvalue weighted by Crippen LogP contribution is -2.32. The Balaban J connectivity index is 2.01. The highest BCUT2D eigenvalue weighted by molar-refractivity contribution is 9.10. The van der Waals surface area contributed by atoms with Crippen LogP contribution < -0.4 is 4.90 Å². The summed E-state index contributed by atoms with van der Waals surface area (Å²) >= 11 is 3.32. The SMILES string of the molecule is CC(c1ccc(Br)o1)N1CCCc2c(C(=O)O)cccc21. The van der Waals surface area contributed by atoms with Gasteiger partial charge in [-0.3, -0.25) is 0 Å². The molecule has 0 spiro atoms. The van der Waals surface area contributed by atoms with Crippen LogP contribution in [0.1, 0.15) is 41.1 Å². The monoisotopic (exact) mass is 349 g/mol. The average molecular weight is 350 g/mol. The molecule has 2 heterocycles. The predicted molar refractivity (Wildman–Crippen MR) is 83.9 cm³/mol. The summed E-state index contributed by atoms with van der Waals surface area (Å²) in [6.45, 7) is 2.98. The quantitative estimate of drug-likeness (QED) is 0.899. The van der Waals surface area contributed by atoms with Gasteiger partial charge in [0, 0.05) is 12.2 Å². The minimum atomic E-state index is -0.859. The fraction of sp³-hybridized carbons (Fsp3) is 0.312. The molecular weight excluding hydrogens is 334 g/mol. The number of halogens is 1.